The molecule has 1 aliphatic heterocycles. The van der Waals surface area contributed by atoms with Crippen LogP contribution in [0.2, 0.25) is 0 Å². The fourth-order valence-corrected chi connectivity index (χ4v) is 4.40. The first-order chi connectivity index (χ1) is 11.3. The van der Waals surface area contributed by atoms with E-state index in [1.165, 1.54) is 0 Å². The minimum Gasteiger partial charge on any atom is -0.369 e. The smallest absolute Gasteiger partial charge is 0.275 e. The van der Waals surface area contributed by atoms with Gasteiger partial charge in [-0.05, 0) is 25.5 Å². The number of hydrogen-bond acceptors (Lipinski definition) is 7. The Morgan fingerprint density at radius 3 is 2.75 bits per heavy atom. The van der Waals surface area contributed by atoms with Gasteiger partial charge in [0.05, 0.1) is 23.4 Å². The Kier molecular flexibility index (Phi) is 4.27. The largest absolute Gasteiger partial charge is 0.369 e. The minimum absolute atomic E-state index is 0.0606. The van der Waals surface area contributed by atoms with Crippen LogP contribution in [0.3, 0.4) is 0 Å². The molecule has 24 heavy (non-hydrogen) atoms. The third-order valence-electron chi connectivity index (χ3n) is 4.01. The van der Waals surface area contributed by atoms with E-state index in [1.807, 2.05) is 11.9 Å². The summed E-state index contributed by atoms with van der Waals surface area (Å²) >= 11 is 0. The van der Waals surface area contributed by atoms with Crippen molar-refractivity contribution in [1.29, 1.82) is 0 Å². The molecular weight excluding hydrogens is 332 g/mol. The summed E-state index contributed by atoms with van der Waals surface area (Å²) in [5.41, 5.74) is 1.01. The maximum absolute atomic E-state index is 12.1. The van der Waals surface area contributed by atoms with Crippen molar-refractivity contribution in [2.45, 2.75) is 19.4 Å². The number of carbonyl (C=O) groups excluding carboxylic acids is 1. The third kappa shape index (κ3) is 3.56. The molecule has 3 heterocycles. The number of amides is 1. The van der Waals surface area contributed by atoms with Crippen molar-refractivity contribution in [3.63, 3.8) is 0 Å². The topological polar surface area (TPSA) is 105 Å². The van der Waals surface area contributed by atoms with E-state index in [9.17, 15) is 13.2 Å². The number of aryl methyl sites for hydroxylation is 1. The monoisotopic (exact) mass is 350 g/mol. The number of hydrogen-bond donors (Lipinski definition) is 1. The molecule has 0 saturated carbocycles. The van der Waals surface area contributed by atoms with Gasteiger partial charge in [0.25, 0.3) is 5.91 Å². The second-order valence-electron chi connectivity index (χ2n) is 5.85. The zero-order valence-corrected chi connectivity index (χ0v) is 14.2. The summed E-state index contributed by atoms with van der Waals surface area (Å²) in [6.45, 7) is 1.73. The first kappa shape index (κ1) is 16.4. The lowest BCUT2D eigenvalue weighted by Crippen LogP contribution is -2.32. The minimum atomic E-state index is -2.94. The van der Waals surface area contributed by atoms with E-state index in [1.54, 1.807) is 31.3 Å². The normalized spacial score (nSPS) is 19.2. The summed E-state index contributed by atoms with van der Waals surface area (Å²) in [4.78, 5) is 18.1. The van der Waals surface area contributed by atoms with E-state index in [2.05, 4.69) is 15.5 Å². The highest BCUT2D eigenvalue weighted by atomic mass is 32.2. The van der Waals surface area contributed by atoms with Crippen molar-refractivity contribution in [3.8, 4) is 0 Å². The van der Waals surface area contributed by atoms with Crippen LogP contribution in [0.4, 0.5) is 11.5 Å². The predicted octanol–water partition coefficient (Wildman–Crippen LogP) is 1.25. The van der Waals surface area contributed by atoms with E-state index in [-0.39, 0.29) is 29.1 Å². The Morgan fingerprint density at radius 2 is 2.21 bits per heavy atom. The zero-order chi connectivity index (χ0) is 17.3. The number of carbonyl (C=O) groups is 1. The van der Waals surface area contributed by atoms with Crippen molar-refractivity contribution in [2.24, 2.45) is 0 Å². The average molecular weight is 350 g/mol. The van der Waals surface area contributed by atoms with E-state index in [4.69, 9.17) is 4.52 Å². The number of nitrogens with zero attached hydrogens (tertiary/aromatic N) is 3. The Bertz CT molecular complexity index is 845. The van der Waals surface area contributed by atoms with Crippen LogP contribution in [-0.2, 0) is 9.84 Å². The SMILES string of the molecule is Cc1cc(NC(=O)c2ccc(N(C)C3CCS(=O)(=O)C3)cn2)no1. The Morgan fingerprint density at radius 1 is 1.42 bits per heavy atom. The molecule has 3 rings (SSSR count). The Labute approximate surface area is 139 Å². The van der Waals surface area contributed by atoms with Crippen LogP contribution in [0, 0.1) is 6.92 Å². The molecule has 2 aromatic rings. The molecule has 1 fully saturated rings. The number of sulfone groups is 1. The van der Waals surface area contributed by atoms with Crippen LogP contribution < -0.4 is 10.2 Å². The third-order valence-corrected chi connectivity index (χ3v) is 5.76. The summed E-state index contributed by atoms with van der Waals surface area (Å²) in [6.07, 6.45) is 2.17. The molecule has 128 valence electrons. The van der Waals surface area contributed by atoms with E-state index >= 15 is 0 Å². The van der Waals surface area contributed by atoms with Gasteiger partial charge in [0, 0.05) is 19.2 Å². The fourth-order valence-electron chi connectivity index (χ4n) is 2.63. The predicted molar refractivity (Wildman–Crippen MR) is 88.9 cm³/mol. The number of rotatable bonds is 4. The quantitative estimate of drug-likeness (QED) is 0.884. The maximum atomic E-state index is 12.1. The van der Waals surface area contributed by atoms with Crippen LogP contribution in [0.1, 0.15) is 22.7 Å². The molecule has 0 spiro atoms. The van der Waals surface area contributed by atoms with Gasteiger partial charge in [0.1, 0.15) is 11.5 Å². The van der Waals surface area contributed by atoms with E-state index < -0.39 is 9.84 Å². The summed E-state index contributed by atoms with van der Waals surface area (Å²) in [5.74, 6) is 0.906. The molecular formula is C15H18N4O4S. The molecule has 1 amide bonds. The van der Waals surface area contributed by atoms with Gasteiger partial charge in [-0.25, -0.2) is 13.4 Å². The first-order valence-corrected chi connectivity index (χ1v) is 9.30. The molecule has 1 aliphatic rings. The summed E-state index contributed by atoms with van der Waals surface area (Å²) in [7, 11) is -1.11. The van der Waals surface area contributed by atoms with Gasteiger partial charge < -0.3 is 14.7 Å². The molecule has 0 aliphatic carbocycles. The zero-order valence-electron chi connectivity index (χ0n) is 13.4. The fraction of sp³-hybridized carbons (Fsp3) is 0.400. The molecule has 0 bridgehead atoms. The van der Waals surface area contributed by atoms with E-state index in [0.717, 1.165) is 5.69 Å². The molecule has 9 heteroatoms. The average Bonchev–Trinajstić information content (AvgIpc) is 3.12. The molecule has 1 atom stereocenters. The highest BCUT2D eigenvalue weighted by Crippen LogP contribution is 2.22. The van der Waals surface area contributed by atoms with Gasteiger partial charge in [-0.15, -0.1) is 0 Å². The van der Waals surface area contributed by atoms with Crippen molar-refractivity contribution in [3.05, 3.63) is 35.9 Å². The van der Waals surface area contributed by atoms with Gasteiger partial charge in [-0.3, -0.25) is 4.79 Å². The van der Waals surface area contributed by atoms with E-state index in [0.29, 0.717) is 18.0 Å². The molecule has 0 radical (unpaired) electrons. The number of aromatic nitrogens is 2. The van der Waals surface area contributed by atoms with Gasteiger partial charge in [0.15, 0.2) is 15.7 Å². The molecule has 2 aromatic heterocycles. The van der Waals surface area contributed by atoms with Gasteiger partial charge >= 0.3 is 0 Å². The van der Waals surface area contributed by atoms with Gasteiger partial charge in [-0.2, -0.15) is 0 Å². The van der Waals surface area contributed by atoms with Crippen molar-refractivity contribution in [1.82, 2.24) is 10.1 Å². The molecule has 1 N–H and O–H groups in total. The van der Waals surface area contributed by atoms with Crippen LogP contribution in [0.5, 0.6) is 0 Å². The summed E-state index contributed by atoms with van der Waals surface area (Å²) in [6, 6.07) is 4.90. The number of pyridine rings is 1. The Balaban J connectivity index is 1.67. The van der Waals surface area contributed by atoms with Gasteiger partial charge in [0.2, 0.25) is 0 Å². The summed E-state index contributed by atoms with van der Waals surface area (Å²) in [5, 5.41) is 6.29. The molecule has 0 aromatic carbocycles. The second kappa shape index (κ2) is 6.23. The van der Waals surface area contributed by atoms with Crippen LogP contribution in [-0.4, -0.2) is 49.1 Å². The highest BCUT2D eigenvalue weighted by Gasteiger charge is 2.30. The lowest BCUT2D eigenvalue weighted by atomic mass is 10.2. The van der Waals surface area contributed by atoms with Crippen molar-refractivity contribution < 1.29 is 17.7 Å². The highest BCUT2D eigenvalue weighted by molar-refractivity contribution is 7.91. The molecule has 1 unspecified atom stereocenters. The standard InChI is InChI=1S/C15H18N4O4S/c1-10-7-14(18-23-10)17-15(20)13-4-3-11(8-16-13)19(2)12-5-6-24(21,22)9-12/h3-4,7-8,12H,5-6,9H2,1-2H3,(H,17,18,20). The van der Waals surface area contributed by atoms with Crippen LogP contribution in [0.15, 0.2) is 28.9 Å². The number of nitrogens with one attached hydrogen (secondary N) is 1. The van der Waals surface area contributed by atoms with Crippen LogP contribution >= 0.6 is 0 Å². The lowest BCUT2D eigenvalue weighted by Gasteiger charge is -2.25. The lowest BCUT2D eigenvalue weighted by molar-refractivity contribution is 0.102. The maximum Gasteiger partial charge on any atom is 0.275 e. The molecule has 1 saturated heterocycles. The van der Waals surface area contributed by atoms with Crippen LogP contribution in [0.25, 0.3) is 0 Å². The van der Waals surface area contributed by atoms with Crippen molar-refractivity contribution >= 4 is 27.2 Å². The molecule has 8 nitrogen and oxygen atoms in total. The second-order valence-corrected chi connectivity index (χ2v) is 8.08. The van der Waals surface area contributed by atoms with Gasteiger partial charge in [-0.1, -0.05) is 5.16 Å². The van der Waals surface area contributed by atoms with Crippen molar-refractivity contribution in [2.75, 3.05) is 28.8 Å². The summed E-state index contributed by atoms with van der Waals surface area (Å²) < 4.78 is 28.1. The Hall–Kier alpha value is -2.42. The first-order valence-electron chi connectivity index (χ1n) is 7.48. The number of anilines is 2.